The topological polar surface area (TPSA) is 74.6 Å². The first-order valence-electron chi connectivity index (χ1n) is 16.9. The quantitative estimate of drug-likeness (QED) is 0.189. The minimum atomic E-state index is 0.545. The Kier molecular flexibility index (Phi) is 5.83. The highest BCUT2D eigenvalue weighted by Crippen LogP contribution is 2.37. The molecule has 0 spiro atoms. The van der Waals surface area contributed by atoms with Crippen LogP contribution in [-0.4, -0.2) is 29.1 Å². The maximum absolute atomic E-state index is 6.37. The van der Waals surface area contributed by atoms with Crippen LogP contribution in [-0.2, 0) is 0 Å². The zero-order chi connectivity index (χ0) is 33.5. The highest BCUT2D eigenvalue weighted by atomic mass is 16.3. The van der Waals surface area contributed by atoms with Gasteiger partial charge in [0.05, 0.1) is 22.1 Å². The summed E-state index contributed by atoms with van der Waals surface area (Å²) in [5.74, 6) is 1.65. The summed E-state index contributed by atoms with van der Waals surface area (Å²) in [5.41, 5.74) is 9.33. The third-order valence-electron chi connectivity index (χ3n) is 9.86. The minimum Gasteiger partial charge on any atom is -0.454 e. The molecule has 238 valence electrons. The summed E-state index contributed by atoms with van der Waals surface area (Å²) in [6.07, 6.45) is 1.84. The fourth-order valence-corrected chi connectivity index (χ4v) is 7.62. The van der Waals surface area contributed by atoms with Crippen LogP contribution in [0.1, 0.15) is 0 Å². The smallest absolute Gasteiger partial charge is 0.240 e. The van der Waals surface area contributed by atoms with E-state index in [9.17, 15) is 0 Å². The lowest BCUT2D eigenvalue weighted by Gasteiger charge is -2.13. The molecule has 0 saturated heterocycles. The number of pyridine rings is 1. The molecule has 0 bridgehead atoms. The second kappa shape index (κ2) is 10.7. The number of hydrogen-bond acceptors (Lipinski definition) is 5. The van der Waals surface area contributed by atoms with Gasteiger partial charge in [0.25, 0.3) is 0 Å². The monoisotopic (exact) mass is 654 g/mol. The molecule has 6 aromatic carbocycles. The molecule has 5 heterocycles. The van der Waals surface area contributed by atoms with Gasteiger partial charge in [0.1, 0.15) is 11.1 Å². The van der Waals surface area contributed by atoms with E-state index in [1.807, 2.05) is 42.6 Å². The number of fused-ring (bicyclic) bond motifs is 9. The van der Waals surface area contributed by atoms with Crippen molar-refractivity contribution in [2.75, 3.05) is 0 Å². The summed E-state index contributed by atoms with van der Waals surface area (Å²) in [6, 6.07) is 52.0. The largest absolute Gasteiger partial charge is 0.454 e. The van der Waals surface area contributed by atoms with Crippen molar-refractivity contribution in [2.45, 2.75) is 0 Å². The summed E-state index contributed by atoms with van der Waals surface area (Å²) >= 11 is 0. The second-order valence-electron chi connectivity index (χ2n) is 12.7. The van der Waals surface area contributed by atoms with Crippen molar-refractivity contribution >= 4 is 65.7 Å². The second-order valence-corrected chi connectivity index (χ2v) is 12.7. The summed E-state index contributed by atoms with van der Waals surface area (Å²) in [5, 5.41) is 5.56. The molecule has 7 heteroatoms. The first-order valence-corrected chi connectivity index (χ1v) is 16.9. The van der Waals surface area contributed by atoms with E-state index >= 15 is 0 Å². The molecule has 0 atom stereocenters. The number of hydrogen-bond donors (Lipinski definition) is 0. The summed E-state index contributed by atoms with van der Waals surface area (Å²) in [7, 11) is 0. The average Bonchev–Trinajstić information content (AvgIpc) is 3.86. The normalized spacial score (nSPS) is 11.9. The average molecular weight is 655 g/mol. The van der Waals surface area contributed by atoms with Gasteiger partial charge in [0, 0.05) is 44.3 Å². The number of rotatable bonds is 4. The molecule has 0 amide bonds. The SMILES string of the molecule is c1cc(-c2nc(-n3c4ccccc4c4ccccc43)nc(-n3c4ccccc4c4ccccc43)n2)cc(-c2ccnc3c2oc2ccccc23)c1. The molecule has 0 radical (unpaired) electrons. The molecule has 0 aliphatic rings. The van der Waals surface area contributed by atoms with Crippen LogP contribution in [0.25, 0.3) is 100 Å². The summed E-state index contributed by atoms with van der Waals surface area (Å²) in [4.78, 5) is 20.4. The van der Waals surface area contributed by atoms with Crippen molar-refractivity contribution in [1.82, 2.24) is 29.1 Å². The predicted octanol–water partition coefficient (Wildman–Crippen LogP) is 10.7. The lowest BCUT2D eigenvalue weighted by molar-refractivity contribution is 0.669. The van der Waals surface area contributed by atoms with Crippen molar-refractivity contribution < 1.29 is 4.42 Å². The van der Waals surface area contributed by atoms with Crippen LogP contribution in [0.4, 0.5) is 0 Å². The first-order chi connectivity index (χ1) is 25.3. The van der Waals surface area contributed by atoms with Gasteiger partial charge in [0.2, 0.25) is 11.9 Å². The van der Waals surface area contributed by atoms with Crippen LogP contribution >= 0.6 is 0 Å². The third kappa shape index (κ3) is 4.12. The van der Waals surface area contributed by atoms with E-state index in [0.29, 0.717) is 17.7 Å². The fraction of sp³-hybridized carbons (Fsp3) is 0. The van der Waals surface area contributed by atoms with E-state index in [-0.39, 0.29) is 0 Å². The van der Waals surface area contributed by atoms with Gasteiger partial charge in [-0.25, -0.2) is 0 Å². The van der Waals surface area contributed by atoms with Crippen molar-refractivity contribution in [3.8, 4) is 34.4 Å². The Balaban J connectivity index is 1.19. The molecule has 0 saturated carbocycles. The number of benzene rings is 6. The minimum absolute atomic E-state index is 0.545. The Bertz CT molecular complexity index is 2930. The summed E-state index contributed by atoms with van der Waals surface area (Å²) < 4.78 is 10.7. The van der Waals surface area contributed by atoms with Crippen LogP contribution in [0.2, 0.25) is 0 Å². The van der Waals surface area contributed by atoms with Crippen LogP contribution in [0.5, 0.6) is 0 Å². The van der Waals surface area contributed by atoms with Gasteiger partial charge >= 0.3 is 0 Å². The molecule has 0 aliphatic carbocycles. The maximum Gasteiger partial charge on any atom is 0.240 e. The highest BCUT2D eigenvalue weighted by molar-refractivity contribution is 6.10. The predicted molar refractivity (Wildman–Crippen MR) is 204 cm³/mol. The zero-order valence-corrected chi connectivity index (χ0v) is 27.1. The van der Waals surface area contributed by atoms with Gasteiger partial charge in [-0.2, -0.15) is 15.0 Å². The molecule has 0 unspecified atom stereocenters. The fourth-order valence-electron chi connectivity index (χ4n) is 7.62. The maximum atomic E-state index is 6.37. The van der Waals surface area contributed by atoms with E-state index in [1.54, 1.807) is 0 Å². The Morgan fingerprint density at radius 1 is 0.431 bits per heavy atom. The molecule has 5 aromatic heterocycles. The molecule has 11 rings (SSSR count). The Morgan fingerprint density at radius 3 is 1.49 bits per heavy atom. The van der Waals surface area contributed by atoms with Crippen LogP contribution in [0.3, 0.4) is 0 Å². The number of aromatic nitrogens is 6. The number of nitrogens with zero attached hydrogens (tertiary/aromatic N) is 6. The van der Waals surface area contributed by atoms with Crippen LogP contribution < -0.4 is 0 Å². The Morgan fingerprint density at radius 2 is 0.922 bits per heavy atom. The lowest BCUT2D eigenvalue weighted by atomic mass is 10.0. The molecule has 0 aliphatic heterocycles. The van der Waals surface area contributed by atoms with Gasteiger partial charge in [-0.15, -0.1) is 0 Å². The van der Waals surface area contributed by atoms with E-state index in [2.05, 4.69) is 129 Å². The lowest BCUT2D eigenvalue weighted by Crippen LogP contribution is -2.10. The van der Waals surface area contributed by atoms with E-state index in [1.165, 1.54) is 0 Å². The zero-order valence-electron chi connectivity index (χ0n) is 27.1. The van der Waals surface area contributed by atoms with E-state index in [4.69, 9.17) is 19.4 Å². The summed E-state index contributed by atoms with van der Waals surface area (Å²) in [6.45, 7) is 0. The molecular formula is C44H26N6O. The number of furan rings is 1. The number of para-hydroxylation sites is 5. The molecule has 11 aromatic rings. The van der Waals surface area contributed by atoms with E-state index in [0.717, 1.165) is 82.4 Å². The first kappa shape index (κ1) is 27.8. The van der Waals surface area contributed by atoms with Gasteiger partial charge in [0.15, 0.2) is 11.4 Å². The van der Waals surface area contributed by atoms with E-state index < -0.39 is 0 Å². The van der Waals surface area contributed by atoms with Gasteiger partial charge < -0.3 is 4.42 Å². The van der Waals surface area contributed by atoms with Gasteiger partial charge in [-0.3, -0.25) is 14.1 Å². The van der Waals surface area contributed by atoms with Crippen molar-refractivity contribution in [3.05, 3.63) is 158 Å². The molecule has 0 N–H and O–H groups in total. The van der Waals surface area contributed by atoms with Gasteiger partial charge in [-0.1, -0.05) is 103 Å². The Labute approximate surface area is 290 Å². The standard InChI is InChI=1S/C44H26N6O/c1-6-19-35-30(14-1)31-15-2-7-20-36(31)49(35)43-46-42(47-44(48-43)50-37-21-8-3-16-32(37)33-17-4-9-22-38(33)50)28-13-11-12-27(26-28)29-24-25-45-40-34-18-5-10-23-39(34)51-41(29)40/h1-26H. The Hall–Kier alpha value is -7.12. The van der Waals surface area contributed by atoms with Crippen LogP contribution in [0.15, 0.2) is 162 Å². The van der Waals surface area contributed by atoms with Crippen molar-refractivity contribution in [3.63, 3.8) is 0 Å². The molecule has 7 nitrogen and oxygen atoms in total. The van der Waals surface area contributed by atoms with Crippen LogP contribution in [0, 0.1) is 0 Å². The third-order valence-corrected chi connectivity index (χ3v) is 9.86. The molecular weight excluding hydrogens is 629 g/mol. The molecule has 51 heavy (non-hydrogen) atoms. The molecule has 0 fully saturated rings. The van der Waals surface area contributed by atoms with Crippen molar-refractivity contribution in [1.29, 1.82) is 0 Å². The highest BCUT2D eigenvalue weighted by Gasteiger charge is 2.21. The van der Waals surface area contributed by atoms with Crippen molar-refractivity contribution in [2.24, 2.45) is 0 Å². The van der Waals surface area contributed by atoms with Gasteiger partial charge in [-0.05, 0) is 54.1 Å².